The number of nitrogens with zero attached hydrogens (tertiary/aromatic N) is 1. The molecule has 0 saturated heterocycles. The normalized spacial score (nSPS) is 11.4. The highest BCUT2D eigenvalue weighted by Crippen LogP contribution is 2.17. The summed E-state index contributed by atoms with van der Waals surface area (Å²) in [4.78, 5) is 23.8. The summed E-state index contributed by atoms with van der Waals surface area (Å²) in [6.45, 7) is -3.57. The van der Waals surface area contributed by atoms with Gasteiger partial charge in [0.25, 0.3) is 5.91 Å². The molecule has 2 aromatic rings. The van der Waals surface area contributed by atoms with Crippen LogP contribution in [0.4, 0.5) is 14.5 Å². The molecule has 0 aliphatic rings. The number of alkyl halides is 2. The first-order valence-corrected chi connectivity index (χ1v) is 9.58. The zero-order chi connectivity index (χ0) is 21.6. The lowest BCUT2D eigenvalue weighted by atomic mass is 10.2. The Balaban J connectivity index is 1.88. The van der Waals surface area contributed by atoms with Gasteiger partial charge in [-0.3, -0.25) is 4.79 Å². The molecule has 29 heavy (non-hydrogen) atoms. The number of hydrogen-bond donors (Lipinski definition) is 1. The van der Waals surface area contributed by atoms with Crippen molar-refractivity contribution in [3.05, 3.63) is 54.1 Å². The van der Waals surface area contributed by atoms with Crippen molar-refractivity contribution in [3.63, 3.8) is 0 Å². The fourth-order valence-corrected chi connectivity index (χ4v) is 3.01. The lowest BCUT2D eigenvalue weighted by Gasteiger charge is -2.12. The van der Waals surface area contributed by atoms with Gasteiger partial charge >= 0.3 is 12.6 Å². The molecule has 1 amide bonds. The van der Waals surface area contributed by atoms with Crippen molar-refractivity contribution in [2.75, 3.05) is 26.0 Å². The zero-order valence-corrected chi connectivity index (χ0v) is 16.3. The molecule has 0 aliphatic heterocycles. The molecule has 0 atom stereocenters. The lowest BCUT2D eigenvalue weighted by molar-refractivity contribution is -0.119. The van der Waals surface area contributed by atoms with Crippen LogP contribution >= 0.6 is 0 Å². The van der Waals surface area contributed by atoms with Gasteiger partial charge in [0.15, 0.2) is 6.61 Å². The number of halogens is 2. The van der Waals surface area contributed by atoms with Gasteiger partial charge in [-0.25, -0.2) is 17.5 Å². The standard InChI is InChI=1S/C18H18F2N2O6S/c1-22(2)29(25,26)15-9-5-13(6-10-15)21-16(23)11-27-17(24)12-3-7-14(8-4-12)28-18(19)20/h3-10,18H,11H2,1-2H3,(H,21,23). The van der Waals surface area contributed by atoms with Gasteiger partial charge in [0.2, 0.25) is 10.0 Å². The van der Waals surface area contributed by atoms with E-state index in [-0.39, 0.29) is 16.2 Å². The second-order valence-corrected chi connectivity index (χ2v) is 7.99. The van der Waals surface area contributed by atoms with Crippen LogP contribution in [0.25, 0.3) is 0 Å². The fraction of sp³-hybridized carbons (Fsp3) is 0.222. The van der Waals surface area contributed by atoms with Crippen LogP contribution in [-0.2, 0) is 19.6 Å². The molecule has 2 aromatic carbocycles. The Morgan fingerprint density at radius 3 is 2.14 bits per heavy atom. The van der Waals surface area contributed by atoms with Crippen molar-refractivity contribution in [2.45, 2.75) is 11.5 Å². The topological polar surface area (TPSA) is 102 Å². The number of rotatable bonds is 8. The molecule has 0 radical (unpaired) electrons. The zero-order valence-electron chi connectivity index (χ0n) is 15.5. The first kappa shape index (κ1) is 22.2. The number of esters is 1. The van der Waals surface area contributed by atoms with Gasteiger partial charge in [-0.05, 0) is 48.5 Å². The molecule has 0 spiro atoms. The van der Waals surface area contributed by atoms with E-state index in [4.69, 9.17) is 4.74 Å². The average molecular weight is 428 g/mol. The molecule has 0 saturated carbocycles. The van der Waals surface area contributed by atoms with Gasteiger partial charge in [-0.1, -0.05) is 0 Å². The van der Waals surface area contributed by atoms with E-state index >= 15 is 0 Å². The smallest absolute Gasteiger partial charge is 0.387 e. The molecule has 0 bridgehead atoms. The van der Waals surface area contributed by atoms with E-state index in [0.717, 1.165) is 4.31 Å². The van der Waals surface area contributed by atoms with Crippen LogP contribution in [-0.4, -0.2) is 51.9 Å². The molecule has 0 fully saturated rings. The third-order valence-corrected chi connectivity index (χ3v) is 5.40. The Kier molecular flexibility index (Phi) is 7.23. The van der Waals surface area contributed by atoms with Crippen LogP contribution in [0, 0.1) is 0 Å². The largest absolute Gasteiger partial charge is 0.452 e. The van der Waals surface area contributed by atoms with Gasteiger partial charge in [-0.15, -0.1) is 0 Å². The quantitative estimate of drug-likeness (QED) is 0.648. The highest BCUT2D eigenvalue weighted by atomic mass is 32.2. The number of carbonyl (C=O) groups is 2. The number of benzene rings is 2. The Morgan fingerprint density at radius 2 is 1.62 bits per heavy atom. The van der Waals surface area contributed by atoms with Gasteiger partial charge in [0, 0.05) is 19.8 Å². The van der Waals surface area contributed by atoms with Crippen LogP contribution in [0.1, 0.15) is 10.4 Å². The summed E-state index contributed by atoms with van der Waals surface area (Å²) in [5.74, 6) is -1.58. The Bertz CT molecular complexity index is 961. The molecule has 2 rings (SSSR count). The third-order valence-electron chi connectivity index (χ3n) is 3.57. The second-order valence-electron chi connectivity index (χ2n) is 5.84. The van der Waals surface area contributed by atoms with E-state index < -0.39 is 35.1 Å². The maximum Gasteiger partial charge on any atom is 0.387 e. The lowest BCUT2D eigenvalue weighted by Crippen LogP contribution is -2.22. The summed E-state index contributed by atoms with van der Waals surface area (Å²) in [6.07, 6.45) is 0. The summed E-state index contributed by atoms with van der Waals surface area (Å²) in [5, 5.41) is 2.46. The monoisotopic (exact) mass is 428 g/mol. The molecular formula is C18H18F2N2O6S. The van der Waals surface area contributed by atoms with E-state index in [1.54, 1.807) is 0 Å². The van der Waals surface area contributed by atoms with E-state index in [1.807, 2.05) is 0 Å². The van der Waals surface area contributed by atoms with Crippen molar-refractivity contribution in [1.82, 2.24) is 4.31 Å². The van der Waals surface area contributed by atoms with Gasteiger partial charge in [0.1, 0.15) is 5.75 Å². The van der Waals surface area contributed by atoms with Crippen molar-refractivity contribution in [3.8, 4) is 5.75 Å². The fourth-order valence-electron chi connectivity index (χ4n) is 2.11. The number of hydrogen-bond acceptors (Lipinski definition) is 6. The van der Waals surface area contributed by atoms with Gasteiger partial charge in [-0.2, -0.15) is 8.78 Å². The Hall–Kier alpha value is -3.05. The number of amides is 1. The van der Waals surface area contributed by atoms with Crippen LogP contribution < -0.4 is 10.1 Å². The minimum absolute atomic E-state index is 0.0534. The highest BCUT2D eigenvalue weighted by molar-refractivity contribution is 7.89. The molecule has 11 heteroatoms. The first-order valence-electron chi connectivity index (χ1n) is 8.14. The van der Waals surface area contributed by atoms with Crippen LogP contribution in [0.2, 0.25) is 0 Å². The summed E-state index contributed by atoms with van der Waals surface area (Å²) >= 11 is 0. The van der Waals surface area contributed by atoms with E-state index in [1.165, 1.54) is 62.6 Å². The summed E-state index contributed by atoms with van der Waals surface area (Å²) < 4.78 is 58.2. The van der Waals surface area contributed by atoms with Crippen LogP contribution in [0.15, 0.2) is 53.4 Å². The van der Waals surface area contributed by atoms with Crippen molar-refractivity contribution >= 4 is 27.6 Å². The van der Waals surface area contributed by atoms with Gasteiger partial charge < -0.3 is 14.8 Å². The van der Waals surface area contributed by atoms with E-state index in [2.05, 4.69) is 10.1 Å². The summed E-state index contributed by atoms with van der Waals surface area (Å²) in [7, 11) is -0.780. The molecule has 0 aromatic heterocycles. The van der Waals surface area contributed by atoms with Crippen molar-refractivity contribution in [2.24, 2.45) is 0 Å². The third kappa shape index (κ3) is 6.22. The minimum Gasteiger partial charge on any atom is -0.452 e. The molecule has 1 N–H and O–H groups in total. The van der Waals surface area contributed by atoms with E-state index in [9.17, 15) is 26.8 Å². The molecule has 0 unspecified atom stereocenters. The number of anilines is 1. The number of sulfonamides is 1. The molecule has 156 valence electrons. The molecule has 0 aliphatic carbocycles. The summed E-state index contributed by atoms with van der Waals surface area (Å²) in [5.41, 5.74) is 0.370. The first-order chi connectivity index (χ1) is 13.6. The predicted octanol–water partition coefficient (Wildman–Crippen LogP) is 2.33. The molecule has 8 nitrogen and oxygen atoms in total. The SMILES string of the molecule is CN(C)S(=O)(=O)c1ccc(NC(=O)COC(=O)c2ccc(OC(F)F)cc2)cc1. The van der Waals surface area contributed by atoms with Crippen LogP contribution in [0.5, 0.6) is 5.75 Å². The predicted molar refractivity (Wildman–Crippen MR) is 99.3 cm³/mol. The Morgan fingerprint density at radius 1 is 1.03 bits per heavy atom. The number of ether oxygens (including phenoxy) is 2. The average Bonchev–Trinajstić information content (AvgIpc) is 2.66. The van der Waals surface area contributed by atoms with Crippen molar-refractivity contribution in [1.29, 1.82) is 0 Å². The van der Waals surface area contributed by atoms with Crippen LogP contribution in [0.3, 0.4) is 0 Å². The number of carbonyl (C=O) groups excluding carboxylic acids is 2. The Labute approximate surface area is 166 Å². The maximum atomic E-state index is 12.1. The second kappa shape index (κ2) is 9.43. The van der Waals surface area contributed by atoms with Gasteiger partial charge in [0.05, 0.1) is 10.5 Å². The summed E-state index contributed by atoms with van der Waals surface area (Å²) in [6, 6.07) is 10.3. The molecular weight excluding hydrogens is 410 g/mol. The van der Waals surface area contributed by atoms with Crippen molar-refractivity contribution < 1.29 is 36.3 Å². The minimum atomic E-state index is -3.58. The maximum absolute atomic E-state index is 12.1. The van der Waals surface area contributed by atoms with E-state index in [0.29, 0.717) is 5.69 Å². The molecule has 0 heterocycles. The number of nitrogens with one attached hydrogen (secondary N) is 1. The highest BCUT2D eigenvalue weighted by Gasteiger charge is 2.17.